The molecule has 0 fully saturated rings. The Bertz CT molecular complexity index is 1210. The molecule has 0 aliphatic carbocycles. The number of rotatable bonds is 7. The van der Waals surface area contributed by atoms with Crippen molar-refractivity contribution in [2.24, 2.45) is 0 Å². The highest BCUT2D eigenvalue weighted by molar-refractivity contribution is 7.21. The van der Waals surface area contributed by atoms with Crippen molar-refractivity contribution in [1.29, 1.82) is 0 Å². The number of benzene rings is 1. The summed E-state index contributed by atoms with van der Waals surface area (Å²) in [6, 6.07) is 7.03. The third kappa shape index (κ3) is 3.82. The first-order chi connectivity index (χ1) is 14.6. The molecule has 0 unspecified atom stereocenters. The molecule has 3 aromatic heterocycles. The summed E-state index contributed by atoms with van der Waals surface area (Å²) in [7, 11) is 3.14. The van der Waals surface area contributed by atoms with Crippen LogP contribution in [0.4, 0.5) is 10.8 Å². The molecule has 0 spiro atoms. The number of hydrogen-bond acceptors (Lipinski definition) is 10. The molecule has 1 N–H and O–H groups in total. The van der Waals surface area contributed by atoms with E-state index < -0.39 is 4.92 Å². The summed E-state index contributed by atoms with van der Waals surface area (Å²) in [5, 5.41) is 15.0. The smallest absolute Gasteiger partial charge is 0.326 e. The van der Waals surface area contributed by atoms with E-state index >= 15 is 0 Å². The second-order valence-electron chi connectivity index (χ2n) is 6.09. The summed E-state index contributed by atoms with van der Waals surface area (Å²) in [5.41, 5.74) is 1.40. The molecule has 30 heavy (non-hydrogen) atoms. The lowest BCUT2D eigenvalue weighted by Crippen LogP contribution is -2.04. The lowest BCUT2D eigenvalue weighted by Gasteiger charge is -2.11. The molecule has 0 aliphatic rings. The number of hydrogen-bond donors (Lipinski definition) is 1. The Morgan fingerprint density at radius 2 is 1.97 bits per heavy atom. The Labute approximate surface area is 174 Å². The van der Waals surface area contributed by atoms with Crippen LogP contribution in [-0.2, 0) is 6.54 Å². The topological polar surface area (TPSA) is 125 Å². The van der Waals surface area contributed by atoms with Crippen LogP contribution in [0.1, 0.15) is 5.56 Å². The van der Waals surface area contributed by atoms with Gasteiger partial charge in [0.25, 0.3) is 0 Å². The number of methoxy groups -OCH3 is 2. The highest BCUT2D eigenvalue weighted by atomic mass is 32.1. The summed E-state index contributed by atoms with van der Waals surface area (Å²) in [5.74, 6) is 2.04. The third-order valence-electron chi connectivity index (χ3n) is 4.26. The van der Waals surface area contributed by atoms with E-state index in [-0.39, 0.29) is 5.00 Å². The van der Waals surface area contributed by atoms with Gasteiger partial charge in [0.1, 0.15) is 16.3 Å². The molecule has 0 radical (unpaired) electrons. The van der Waals surface area contributed by atoms with Gasteiger partial charge in [-0.2, -0.15) is 0 Å². The van der Waals surface area contributed by atoms with Crippen molar-refractivity contribution in [2.75, 3.05) is 19.5 Å². The van der Waals surface area contributed by atoms with Crippen LogP contribution in [0.25, 0.3) is 21.7 Å². The van der Waals surface area contributed by atoms with Crippen molar-refractivity contribution < 1.29 is 14.4 Å². The van der Waals surface area contributed by atoms with E-state index in [1.165, 1.54) is 12.3 Å². The fourth-order valence-corrected chi connectivity index (χ4v) is 3.69. The molecule has 0 saturated carbocycles. The van der Waals surface area contributed by atoms with E-state index in [0.29, 0.717) is 45.6 Å². The fraction of sp³-hybridized carbons (Fsp3) is 0.158. The molecule has 0 amide bonds. The van der Waals surface area contributed by atoms with Gasteiger partial charge in [0, 0.05) is 25.0 Å². The van der Waals surface area contributed by atoms with E-state index in [1.807, 2.05) is 18.2 Å². The quantitative estimate of drug-likeness (QED) is 0.349. The zero-order valence-electron chi connectivity index (χ0n) is 16.0. The molecule has 3 heterocycles. The van der Waals surface area contributed by atoms with Gasteiger partial charge in [-0.25, -0.2) is 15.0 Å². The minimum Gasteiger partial charge on any atom is -0.493 e. The zero-order valence-corrected chi connectivity index (χ0v) is 16.8. The van der Waals surface area contributed by atoms with Crippen molar-refractivity contribution in [3.8, 4) is 23.0 Å². The van der Waals surface area contributed by atoms with E-state index in [2.05, 4.69) is 25.3 Å². The number of aromatic nitrogens is 4. The second kappa shape index (κ2) is 8.25. The maximum absolute atomic E-state index is 11.2. The molecule has 4 rings (SSSR count). The average Bonchev–Trinajstić information content (AvgIpc) is 3.22. The highest BCUT2D eigenvalue weighted by Gasteiger charge is 2.19. The summed E-state index contributed by atoms with van der Waals surface area (Å²) in [6.07, 6.45) is 4.63. The largest absolute Gasteiger partial charge is 0.493 e. The molecule has 152 valence electrons. The minimum atomic E-state index is -0.438. The van der Waals surface area contributed by atoms with Crippen LogP contribution in [0.2, 0.25) is 0 Å². The number of nitrogens with one attached hydrogen (secondary N) is 1. The zero-order chi connectivity index (χ0) is 21.1. The van der Waals surface area contributed by atoms with Gasteiger partial charge in [-0.15, -0.1) is 0 Å². The number of ether oxygens (including phenoxy) is 2. The van der Waals surface area contributed by atoms with Crippen molar-refractivity contribution in [3.05, 3.63) is 58.5 Å². The van der Waals surface area contributed by atoms with Crippen LogP contribution in [0.3, 0.4) is 0 Å². The van der Waals surface area contributed by atoms with Gasteiger partial charge in [0.05, 0.1) is 30.7 Å². The van der Waals surface area contributed by atoms with E-state index in [0.717, 1.165) is 16.9 Å². The second-order valence-corrected chi connectivity index (χ2v) is 7.10. The summed E-state index contributed by atoms with van der Waals surface area (Å²) >= 11 is 0.986. The van der Waals surface area contributed by atoms with Crippen LogP contribution in [0.15, 0.2) is 42.9 Å². The first-order valence-corrected chi connectivity index (χ1v) is 9.58. The monoisotopic (exact) mass is 424 g/mol. The number of nitro groups is 1. The standard InChI is InChI=1S/C19H16N6O4S/c1-28-14-4-3-11(7-15(14)29-2)9-22-17-12-8-16(25(26)27)30-19(12)24-18(23-17)13-10-20-5-6-21-13/h3-8,10H,9H2,1-2H3,(H,22,23,24). The summed E-state index contributed by atoms with van der Waals surface area (Å²) in [4.78, 5) is 28.5. The SMILES string of the molecule is COc1ccc(CNc2nc(-c3cnccn3)nc3sc([N+](=O)[O-])cc23)cc1OC. The Kier molecular flexibility index (Phi) is 5.35. The van der Waals surface area contributed by atoms with Crippen LogP contribution in [0.5, 0.6) is 11.5 Å². The maximum atomic E-state index is 11.2. The predicted octanol–water partition coefficient (Wildman–Crippen LogP) is 3.69. The maximum Gasteiger partial charge on any atom is 0.326 e. The summed E-state index contributed by atoms with van der Waals surface area (Å²) < 4.78 is 10.6. The molecule has 0 aliphatic heterocycles. The van der Waals surface area contributed by atoms with E-state index in [1.54, 1.807) is 26.6 Å². The van der Waals surface area contributed by atoms with Gasteiger partial charge in [-0.05, 0) is 29.0 Å². The lowest BCUT2D eigenvalue weighted by atomic mass is 10.2. The fourth-order valence-electron chi connectivity index (χ4n) is 2.84. The predicted molar refractivity (Wildman–Crippen MR) is 112 cm³/mol. The molecular weight excluding hydrogens is 408 g/mol. The van der Waals surface area contributed by atoms with Crippen LogP contribution < -0.4 is 14.8 Å². The molecular formula is C19H16N6O4S. The van der Waals surface area contributed by atoms with E-state index in [9.17, 15) is 10.1 Å². The minimum absolute atomic E-state index is 0.00948. The van der Waals surface area contributed by atoms with Crippen molar-refractivity contribution >= 4 is 32.4 Å². The van der Waals surface area contributed by atoms with Crippen LogP contribution in [0, 0.1) is 10.1 Å². The third-order valence-corrected chi connectivity index (χ3v) is 5.24. The number of nitrogens with zero attached hydrogens (tertiary/aromatic N) is 5. The molecule has 10 nitrogen and oxygen atoms in total. The first-order valence-electron chi connectivity index (χ1n) is 8.76. The van der Waals surface area contributed by atoms with Crippen molar-refractivity contribution in [3.63, 3.8) is 0 Å². The lowest BCUT2D eigenvalue weighted by molar-refractivity contribution is -0.380. The van der Waals surface area contributed by atoms with Crippen LogP contribution in [-0.4, -0.2) is 39.1 Å². The Morgan fingerprint density at radius 1 is 1.13 bits per heavy atom. The highest BCUT2D eigenvalue weighted by Crippen LogP contribution is 2.35. The Hall–Kier alpha value is -3.86. The van der Waals surface area contributed by atoms with E-state index in [4.69, 9.17) is 9.47 Å². The molecule has 0 bridgehead atoms. The normalized spacial score (nSPS) is 10.7. The molecule has 4 aromatic rings. The van der Waals surface area contributed by atoms with Gasteiger partial charge < -0.3 is 14.8 Å². The Morgan fingerprint density at radius 3 is 2.67 bits per heavy atom. The molecule has 11 heteroatoms. The number of thiophene rings is 1. The van der Waals surface area contributed by atoms with Gasteiger partial charge in [0.15, 0.2) is 17.3 Å². The van der Waals surface area contributed by atoms with Gasteiger partial charge in [-0.1, -0.05) is 6.07 Å². The van der Waals surface area contributed by atoms with Gasteiger partial charge in [-0.3, -0.25) is 15.1 Å². The first kappa shape index (κ1) is 19.5. The van der Waals surface area contributed by atoms with Gasteiger partial charge in [0.2, 0.25) is 0 Å². The Balaban J connectivity index is 1.72. The summed E-state index contributed by atoms with van der Waals surface area (Å²) in [6.45, 7) is 0.413. The molecule has 0 saturated heterocycles. The van der Waals surface area contributed by atoms with Crippen molar-refractivity contribution in [2.45, 2.75) is 6.54 Å². The number of fused-ring (bicyclic) bond motifs is 1. The molecule has 1 aromatic carbocycles. The van der Waals surface area contributed by atoms with Gasteiger partial charge >= 0.3 is 5.00 Å². The average molecular weight is 424 g/mol. The molecule has 0 atom stereocenters. The van der Waals surface area contributed by atoms with Crippen LogP contribution >= 0.6 is 11.3 Å². The number of anilines is 1. The van der Waals surface area contributed by atoms with Crippen molar-refractivity contribution in [1.82, 2.24) is 19.9 Å².